The summed E-state index contributed by atoms with van der Waals surface area (Å²) in [7, 11) is 0. The Labute approximate surface area is 233 Å². The van der Waals surface area contributed by atoms with Crippen molar-refractivity contribution in [2.24, 2.45) is 0 Å². The van der Waals surface area contributed by atoms with Gasteiger partial charge in [0.25, 0.3) is 0 Å². The molecule has 1 saturated heterocycles. The van der Waals surface area contributed by atoms with Gasteiger partial charge in [-0.15, -0.1) is 11.3 Å². The van der Waals surface area contributed by atoms with E-state index in [0.29, 0.717) is 31.8 Å². The predicted molar refractivity (Wildman–Crippen MR) is 151 cm³/mol. The summed E-state index contributed by atoms with van der Waals surface area (Å²) in [5, 5.41) is 7.12. The van der Waals surface area contributed by atoms with Crippen LogP contribution in [0.1, 0.15) is 24.1 Å². The summed E-state index contributed by atoms with van der Waals surface area (Å²) in [6.45, 7) is 1.49. The molecule has 10 heteroatoms. The largest absolute Gasteiger partial charge is 0.416 e. The number of halogens is 3. The molecule has 0 radical (unpaired) electrons. The van der Waals surface area contributed by atoms with E-state index in [4.69, 9.17) is 9.72 Å². The van der Waals surface area contributed by atoms with Gasteiger partial charge in [0.2, 0.25) is 0 Å². The second kappa shape index (κ2) is 10.9. The predicted octanol–water partition coefficient (Wildman–Crippen LogP) is 7.49. The average Bonchev–Trinajstić information content (AvgIpc) is 3.69. The molecule has 1 aliphatic rings. The minimum Gasteiger partial charge on any atom is -0.376 e. The van der Waals surface area contributed by atoms with Crippen LogP contribution in [0.2, 0.25) is 0 Å². The molecule has 3 aromatic carbocycles. The van der Waals surface area contributed by atoms with E-state index in [1.807, 2.05) is 23.7 Å². The number of urea groups is 1. The number of hydrogen-bond donors (Lipinski definition) is 1. The number of thiazole rings is 1. The van der Waals surface area contributed by atoms with E-state index in [9.17, 15) is 18.0 Å². The number of fused-ring (bicyclic) bond motifs is 2. The van der Waals surface area contributed by atoms with E-state index < -0.39 is 11.7 Å². The number of rotatable bonds is 7. The summed E-state index contributed by atoms with van der Waals surface area (Å²) in [4.78, 5) is 20.6. The molecule has 2 aromatic heterocycles. The van der Waals surface area contributed by atoms with Crippen LogP contribution in [-0.4, -0.2) is 46.1 Å². The smallest absolute Gasteiger partial charge is 0.376 e. The lowest BCUT2D eigenvalue weighted by atomic mass is 10.1. The molecule has 206 valence electrons. The molecule has 1 fully saturated rings. The van der Waals surface area contributed by atoms with E-state index in [2.05, 4.69) is 40.0 Å². The van der Waals surface area contributed by atoms with Crippen LogP contribution < -0.4 is 5.32 Å². The zero-order valence-electron chi connectivity index (χ0n) is 21.5. The van der Waals surface area contributed by atoms with Gasteiger partial charge in [-0.25, -0.2) is 9.78 Å². The highest BCUT2D eigenvalue weighted by Crippen LogP contribution is 2.30. The Morgan fingerprint density at radius 1 is 1.10 bits per heavy atom. The third-order valence-electron chi connectivity index (χ3n) is 7.17. The van der Waals surface area contributed by atoms with Crippen molar-refractivity contribution in [3.8, 4) is 11.3 Å². The third-order valence-corrected chi connectivity index (χ3v) is 8.05. The second-order valence-corrected chi connectivity index (χ2v) is 10.7. The Balaban J connectivity index is 1.18. The van der Waals surface area contributed by atoms with E-state index in [1.165, 1.54) is 17.5 Å². The van der Waals surface area contributed by atoms with E-state index in [1.54, 1.807) is 16.2 Å². The molecular formula is C30H27F3N4O2S. The maximum atomic E-state index is 13.2. The molecule has 2 amide bonds. The molecule has 1 atom stereocenters. The first-order valence-corrected chi connectivity index (χ1v) is 14.0. The molecule has 0 bridgehead atoms. The van der Waals surface area contributed by atoms with Gasteiger partial charge in [-0.1, -0.05) is 36.4 Å². The molecule has 6 rings (SSSR count). The molecule has 6 nitrogen and oxygen atoms in total. The van der Waals surface area contributed by atoms with Crippen molar-refractivity contribution in [3.63, 3.8) is 0 Å². The molecule has 1 N–H and O–H groups in total. The first kappa shape index (κ1) is 26.3. The first-order chi connectivity index (χ1) is 19.3. The van der Waals surface area contributed by atoms with Crippen LogP contribution in [0.5, 0.6) is 0 Å². The van der Waals surface area contributed by atoms with Gasteiger partial charge in [0.05, 0.1) is 17.4 Å². The van der Waals surface area contributed by atoms with Crippen molar-refractivity contribution in [2.45, 2.75) is 31.5 Å². The molecule has 1 aliphatic heterocycles. The normalized spacial score (nSPS) is 15.6. The summed E-state index contributed by atoms with van der Waals surface area (Å²) in [5.41, 5.74) is 2.50. The van der Waals surface area contributed by atoms with Crippen LogP contribution in [0.25, 0.3) is 27.0 Å². The van der Waals surface area contributed by atoms with Gasteiger partial charge in [-0.05, 0) is 53.9 Å². The topological polar surface area (TPSA) is 58.9 Å². The molecule has 0 saturated carbocycles. The minimum atomic E-state index is -4.43. The van der Waals surface area contributed by atoms with Crippen molar-refractivity contribution in [1.29, 1.82) is 0 Å². The molecule has 5 aromatic rings. The first-order valence-electron chi connectivity index (χ1n) is 13.1. The van der Waals surface area contributed by atoms with E-state index in [0.717, 1.165) is 52.3 Å². The van der Waals surface area contributed by atoms with Gasteiger partial charge in [-0.2, -0.15) is 13.2 Å². The Kier molecular flexibility index (Phi) is 7.20. The number of alkyl halides is 3. The van der Waals surface area contributed by atoms with Gasteiger partial charge in [-0.3, -0.25) is 4.40 Å². The summed E-state index contributed by atoms with van der Waals surface area (Å²) < 4.78 is 46.6. The van der Waals surface area contributed by atoms with Crippen LogP contribution in [-0.2, 0) is 17.3 Å². The standard InChI is InChI=1S/C30H27F3N4O2S/c31-30(32,33)23-9-11-24(12-10-23)34-28(38)36(17-26-6-3-15-39-26)14-13-25-19-40-29-35-27(18-37(25)29)22-8-7-20-4-1-2-5-21(20)16-22/h1-2,4-5,7-12,16,18-19,26H,3,6,13-15,17H2,(H,34,38). The maximum Gasteiger partial charge on any atom is 0.416 e. The summed E-state index contributed by atoms with van der Waals surface area (Å²) in [5.74, 6) is 0. The lowest BCUT2D eigenvalue weighted by molar-refractivity contribution is -0.137. The number of carbonyl (C=O) groups is 1. The number of anilines is 1. The monoisotopic (exact) mass is 564 g/mol. The number of ether oxygens (including phenoxy) is 1. The quantitative estimate of drug-likeness (QED) is 0.223. The number of imidazole rings is 1. The van der Waals surface area contributed by atoms with Crippen LogP contribution in [0.3, 0.4) is 0 Å². The lowest BCUT2D eigenvalue weighted by Crippen LogP contribution is -2.41. The van der Waals surface area contributed by atoms with E-state index >= 15 is 0 Å². The zero-order chi connectivity index (χ0) is 27.7. The maximum absolute atomic E-state index is 13.2. The highest BCUT2D eigenvalue weighted by atomic mass is 32.1. The van der Waals surface area contributed by atoms with Gasteiger partial charge >= 0.3 is 12.2 Å². The number of aromatic nitrogens is 2. The van der Waals surface area contributed by atoms with Crippen LogP contribution in [0.15, 0.2) is 78.3 Å². The van der Waals surface area contributed by atoms with Crippen molar-refractivity contribution >= 4 is 38.8 Å². The van der Waals surface area contributed by atoms with Crippen LogP contribution >= 0.6 is 11.3 Å². The molecule has 1 unspecified atom stereocenters. The lowest BCUT2D eigenvalue weighted by Gasteiger charge is -2.26. The van der Waals surface area contributed by atoms with Gasteiger partial charge in [0, 0.05) is 54.6 Å². The van der Waals surface area contributed by atoms with Gasteiger partial charge in [0.1, 0.15) is 0 Å². The molecular weight excluding hydrogens is 537 g/mol. The Hall–Kier alpha value is -3.89. The number of hydrogen-bond acceptors (Lipinski definition) is 4. The molecule has 40 heavy (non-hydrogen) atoms. The average molecular weight is 565 g/mol. The summed E-state index contributed by atoms with van der Waals surface area (Å²) >= 11 is 1.55. The van der Waals surface area contributed by atoms with E-state index in [-0.39, 0.29) is 12.1 Å². The van der Waals surface area contributed by atoms with Crippen LogP contribution in [0, 0.1) is 0 Å². The number of nitrogens with zero attached hydrogens (tertiary/aromatic N) is 3. The third kappa shape index (κ3) is 5.68. The summed E-state index contributed by atoms with van der Waals surface area (Å²) in [6.07, 6.45) is -0.0748. The molecule has 0 aliphatic carbocycles. The number of amides is 2. The number of nitrogens with one attached hydrogen (secondary N) is 1. The Morgan fingerprint density at radius 3 is 2.65 bits per heavy atom. The van der Waals surface area contributed by atoms with Gasteiger partial charge in [0.15, 0.2) is 4.96 Å². The van der Waals surface area contributed by atoms with Crippen molar-refractivity contribution in [2.75, 3.05) is 25.0 Å². The fourth-order valence-electron chi connectivity index (χ4n) is 5.00. The summed E-state index contributed by atoms with van der Waals surface area (Å²) in [6, 6.07) is 18.6. The Morgan fingerprint density at radius 2 is 1.90 bits per heavy atom. The number of carbonyl (C=O) groups excluding carboxylic acids is 1. The van der Waals surface area contributed by atoms with Crippen molar-refractivity contribution in [1.82, 2.24) is 14.3 Å². The van der Waals surface area contributed by atoms with Crippen molar-refractivity contribution in [3.05, 3.63) is 89.6 Å². The molecule has 3 heterocycles. The zero-order valence-corrected chi connectivity index (χ0v) is 22.3. The van der Waals surface area contributed by atoms with Crippen LogP contribution in [0.4, 0.5) is 23.7 Å². The Bertz CT molecular complexity index is 1640. The molecule has 0 spiro atoms. The number of benzene rings is 3. The minimum absolute atomic E-state index is 0.0615. The second-order valence-electron chi connectivity index (χ2n) is 9.90. The highest BCUT2D eigenvalue weighted by Gasteiger charge is 2.30. The fourth-order valence-corrected chi connectivity index (χ4v) is 5.91. The SMILES string of the molecule is O=C(Nc1ccc(C(F)(F)F)cc1)N(CCc1csc2nc(-c3ccc4ccccc4c3)cn12)CC1CCCO1. The van der Waals surface area contributed by atoms with Gasteiger partial charge < -0.3 is 15.0 Å². The highest BCUT2D eigenvalue weighted by molar-refractivity contribution is 7.15. The van der Waals surface area contributed by atoms with Crippen molar-refractivity contribution < 1.29 is 22.7 Å². The fraction of sp³-hybridized carbons (Fsp3) is 0.267.